The number of aromatic nitrogens is 3. The largest absolute Gasteiger partial charge is 0.223 e. The molecule has 1 aromatic heterocycles. The third kappa shape index (κ3) is 1.23. The van der Waals surface area contributed by atoms with Gasteiger partial charge >= 0.3 is 0 Å². The predicted molar refractivity (Wildman–Crippen MR) is 46.0 cm³/mol. The summed E-state index contributed by atoms with van der Waals surface area (Å²) in [5.74, 6) is -0.555. The minimum atomic E-state index is -0.555. The fourth-order valence-electron chi connectivity index (χ4n) is 1.15. The van der Waals surface area contributed by atoms with Crippen LogP contribution in [-0.4, -0.2) is 14.8 Å². The Morgan fingerprint density at radius 1 is 1.43 bits per heavy atom. The molecule has 1 heterocycles. The van der Waals surface area contributed by atoms with Crippen molar-refractivity contribution in [2.24, 2.45) is 0 Å². The van der Waals surface area contributed by atoms with Gasteiger partial charge < -0.3 is 0 Å². The molecule has 5 heteroatoms. The lowest BCUT2D eigenvalue weighted by molar-refractivity contribution is 0.621. The SMILES string of the molecule is N#Cc1c(F)cccc1-n1cncn1. The fraction of sp³-hybridized carbons (Fsp3) is 0. The van der Waals surface area contributed by atoms with E-state index in [0.29, 0.717) is 5.69 Å². The third-order valence-electron chi connectivity index (χ3n) is 1.77. The molecular weight excluding hydrogens is 183 g/mol. The number of nitriles is 1. The number of hydrogen-bond acceptors (Lipinski definition) is 3. The van der Waals surface area contributed by atoms with Gasteiger partial charge in [0.25, 0.3) is 0 Å². The van der Waals surface area contributed by atoms with Gasteiger partial charge in [0, 0.05) is 0 Å². The summed E-state index contributed by atoms with van der Waals surface area (Å²) in [5.41, 5.74) is 0.364. The Hall–Kier alpha value is -2.22. The van der Waals surface area contributed by atoms with E-state index in [2.05, 4.69) is 10.1 Å². The van der Waals surface area contributed by atoms with Gasteiger partial charge in [0.1, 0.15) is 30.1 Å². The molecule has 0 amide bonds. The molecule has 0 bridgehead atoms. The molecule has 0 aliphatic carbocycles. The molecule has 68 valence electrons. The van der Waals surface area contributed by atoms with E-state index in [0.717, 1.165) is 0 Å². The van der Waals surface area contributed by atoms with Crippen molar-refractivity contribution in [1.29, 1.82) is 5.26 Å². The van der Waals surface area contributed by atoms with E-state index in [-0.39, 0.29) is 5.56 Å². The van der Waals surface area contributed by atoms with Crippen molar-refractivity contribution in [3.8, 4) is 11.8 Å². The summed E-state index contributed by atoms with van der Waals surface area (Å²) in [7, 11) is 0. The first-order valence-electron chi connectivity index (χ1n) is 3.86. The molecule has 2 rings (SSSR count). The average Bonchev–Trinajstić information content (AvgIpc) is 2.70. The number of nitrogens with zero attached hydrogens (tertiary/aromatic N) is 4. The van der Waals surface area contributed by atoms with Crippen molar-refractivity contribution in [2.75, 3.05) is 0 Å². The predicted octanol–water partition coefficient (Wildman–Crippen LogP) is 1.28. The van der Waals surface area contributed by atoms with Gasteiger partial charge in [0.05, 0.1) is 5.69 Å². The lowest BCUT2D eigenvalue weighted by Crippen LogP contribution is -1.99. The Bertz CT molecular complexity index is 484. The zero-order chi connectivity index (χ0) is 9.97. The fourth-order valence-corrected chi connectivity index (χ4v) is 1.15. The summed E-state index contributed by atoms with van der Waals surface area (Å²) >= 11 is 0. The van der Waals surface area contributed by atoms with Gasteiger partial charge in [-0.05, 0) is 12.1 Å². The maximum absolute atomic E-state index is 13.2. The third-order valence-corrected chi connectivity index (χ3v) is 1.77. The van der Waals surface area contributed by atoms with Crippen LogP contribution in [-0.2, 0) is 0 Å². The molecule has 0 saturated carbocycles. The van der Waals surface area contributed by atoms with Gasteiger partial charge in [0.2, 0.25) is 0 Å². The van der Waals surface area contributed by atoms with E-state index in [1.54, 1.807) is 12.1 Å². The average molecular weight is 188 g/mol. The van der Waals surface area contributed by atoms with Crippen LogP contribution in [0.4, 0.5) is 4.39 Å². The first kappa shape index (κ1) is 8.38. The van der Waals surface area contributed by atoms with Gasteiger partial charge in [-0.1, -0.05) is 6.07 Å². The number of hydrogen-bond donors (Lipinski definition) is 0. The second kappa shape index (κ2) is 3.26. The molecule has 0 N–H and O–H groups in total. The minimum Gasteiger partial charge on any atom is -0.223 e. The number of benzene rings is 1. The standard InChI is InChI=1S/C9H5FN4/c10-8-2-1-3-9(7(8)4-11)14-6-12-5-13-14/h1-3,5-6H. The van der Waals surface area contributed by atoms with Crippen molar-refractivity contribution < 1.29 is 4.39 Å². The minimum absolute atomic E-state index is 0.0296. The second-order valence-corrected chi connectivity index (χ2v) is 2.59. The summed E-state index contributed by atoms with van der Waals surface area (Å²) in [4.78, 5) is 3.72. The smallest absolute Gasteiger partial charge is 0.143 e. The lowest BCUT2D eigenvalue weighted by Gasteiger charge is -2.02. The van der Waals surface area contributed by atoms with Crippen molar-refractivity contribution >= 4 is 0 Å². The van der Waals surface area contributed by atoms with Crippen LogP contribution in [0.25, 0.3) is 5.69 Å². The second-order valence-electron chi connectivity index (χ2n) is 2.59. The highest BCUT2D eigenvalue weighted by Gasteiger charge is 2.09. The van der Waals surface area contributed by atoms with Crippen molar-refractivity contribution in [3.63, 3.8) is 0 Å². The zero-order valence-corrected chi connectivity index (χ0v) is 7.05. The summed E-state index contributed by atoms with van der Waals surface area (Å²) in [6.07, 6.45) is 2.74. The maximum Gasteiger partial charge on any atom is 0.143 e. The van der Waals surface area contributed by atoms with Crippen molar-refractivity contribution in [1.82, 2.24) is 14.8 Å². The zero-order valence-electron chi connectivity index (χ0n) is 7.05. The molecule has 0 saturated heterocycles. The van der Waals surface area contributed by atoms with E-state index in [1.165, 1.54) is 29.5 Å². The molecule has 0 radical (unpaired) electrons. The van der Waals surface area contributed by atoms with Gasteiger partial charge in [-0.15, -0.1) is 0 Å². The molecule has 0 aliphatic rings. The van der Waals surface area contributed by atoms with Crippen LogP contribution in [0.2, 0.25) is 0 Å². The molecule has 0 atom stereocenters. The van der Waals surface area contributed by atoms with Gasteiger partial charge in [0.15, 0.2) is 0 Å². The van der Waals surface area contributed by atoms with Crippen LogP contribution in [0.1, 0.15) is 5.56 Å². The Morgan fingerprint density at radius 3 is 2.93 bits per heavy atom. The van der Waals surface area contributed by atoms with Crippen LogP contribution in [0.5, 0.6) is 0 Å². The van der Waals surface area contributed by atoms with Crippen LogP contribution < -0.4 is 0 Å². The van der Waals surface area contributed by atoms with Gasteiger partial charge in [-0.3, -0.25) is 0 Å². The summed E-state index contributed by atoms with van der Waals surface area (Å²) < 4.78 is 14.5. The van der Waals surface area contributed by atoms with Crippen LogP contribution in [0.3, 0.4) is 0 Å². The molecule has 0 fully saturated rings. The first-order valence-corrected chi connectivity index (χ1v) is 3.86. The molecule has 14 heavy (non-hydrogen) atoms. The highest BCUT2D eigenvalue weighted by molar-refractivity contribution is 5.48. The number of rotatable bonds is 1. The Balaban J connectivity index is 2.66. The van der Waals surface area contributed by atoms with Crippen LogP contribution in [0, 0.1) is 17.1 Å². The summed E-state index contributed by atoms with van der Waals surface area (Å²) in [5, 5.41) is 12.6. The van der Waals surface area contributed by atoms with Crippen molar-refractivity contribution in [3.05, 3.63) is 42.2 Å². The Labute approximate surface area is 79.2 Å². The van der Waals surface area contributed by atoms with E-state index in [4.69, 9.17) is 5.26 Å². The van der Waals surface area contributed by atoms with E-state index in [9.17, 15) is 4.39 Å². The molecule has 0 unspecified atom stereocenters. The maximum atomic E-state index is 13.2. The molecular formula is C9H5FN4. The van der Waals surface area contributed by atoms with E-state index >= 15 is 0 Å². The highest BCUT2D eigenvalue weighted by Crippen LogP contribution is 2.15. The van der Waals surface area contributed by atoms with Crippen LogP contribution >= 0.6 is 0 Å². The quantitative estimate of drug-likeness (QED) is 0.677. The molecule has 4 nitrogen and oxygen atoms in total. The highest BCUT2D eigenvalue weighted by atomic mass is 19.1. The Kier molecular flexibility index (Phi) is 1.95. The lowest BCUT2D eigenvalue weighted by atomic mass is 10.2. The van der Waals surface area contributed by atoms with Gasteiger partial charge in [-0.2, -0.15) is 10.4 Å². The topological polar surface area (TPSA) is 54.5 Å². The molecule has 1 aromatic carbocycles. The molecule has 0 spiro atoms. The summed E-state index contributed by atoms with van der Waals surface area (Å²) in [6, 6.07) is 6.15. The number of halogens is 1. The van der Waals surface area contributed by atoms with Crippen LogP contribution in [0.15, 0.2) is 30.9 Å². The molecule has 0 aliphatic heterocycles. The van der Waals surface area contributed by atoms with E-state index < -0.39 is 5.82 Å². The Morgan fingerprint density at radius 2 is 2.29 bits per heavy atom. The van der Waals surface area contributed by atoms with Crippen molar-refractivity contribution in [2.45, 2.75) is 0 Å². The monoisotopic (exact) mass is 188 g/mol. The van der Waals surface area contributed by atoms with Gasteiger partial charge in [-0.25, -0.2) is 14.1 Å². The van der Waals surface area contributed by atoms with E-state index in [1.807, 2.05) is 0 Å². The normalized spacial score (nSPS) is 9.71. The first-order chi connectivity index (χ1) is 6.83. The summed E-state index contributed by atoms with van der Waals surface area (Å²) in [6.45, 7) is 0. The molecule has 2 aromatic rings.